The Hall–Kier alpha value is -1.74. The van der Waals surface area contributed by atoms with Crippen molar-refractivity contribution in [1.82, 2.24) is 5.32 Å². The molecule has 0 amide bonds. The van der Waals surface area contributed by atoms with E-state index < -0.39 is 11.6 Å². The molecule has 3 heteroatoms. The van der Waals surface area contributed by atoms with Gasteiger partial charge in [0.1, 0.15) is 0 Å². The van der Waals surface area contributed by atoms with E-state index in [2.05, 4.69) is 5.32 Å². The van der Waals surface area contributed by atoms with Gasteiger partial charge in [0.2, 0.25) is 0 Å². The monoisotopic (exact) mass is 247 g/mol. The number of hydrogen-bond donors (Lipinski definition) is 1. The second-order valence-corrected chi connectivity index (χ2v) is 4.24. The first-order valence-corrected chi connectivity index (χ1v) is 5.85. The lowest BCUT2D eigenvalue weighted by Crippen LogP contribution is -2.12. The molecule has 0 saturated carbocycles. The summed E-state index contributed by atoms with van der Waals surface area (Å²) in [5, 5.41) is 3.12. The highest BCUT2D eigenvalue weighted by atomic mass is 19.2. The van der Waals surface area contributed by atoms with Gasteiger partial charge < -0.3 is 5.32 Å². The molecule has 1 nitrogen and oxygen atoms in total. The summed E-state index contributed by atoms with van der Waals surface area (Å²) in [5.41, 5.74) is 2.02. The first-order valence-electron chi connectivity index (χ1n) is 5.85. The number of rotatable bonds is 3. The smallest absolute Gasteiger partial charge is 0.166 e. The average molecular weight is 247 g/mol. The van der Waals surface area contributed by atoms with E-state index in [1.165, 1.54) is 6.07 Å². The molecule has 0 saturated heterocycles. The predicted molar refractivity (Wildman–Crippen MR) is 69.3 cm³/mol. The van der Waals surface area contributed by atoms with Crippen LogP contribution in [0, 0.1) is 11.6 Å². The summed E-state index contributed by atoms with van der Waals surface area (Å²) in [7, 11) is 1.86. The third-order valence-corrected chi connectivity index (χ3v) is 3.08. The van der Waals surface area contributed by atoms with Crippen LogP contribution in [0.5, 0.6) is 0 Å². The van der Waals surface area contributed by atoms with E-state index >= 15 is 0 Å². The van der Waals surface area contributed by atoms with E-state index in [0.717, 1.165) is 11.6 Å². The zero-order valence-electron chi connectivity index (χ0n) is 10.4. The number of benzene rings is 2. The van der Waals surface area contributed by atoms with E-state index in [0.29, 0.717) is 11.1 Å². The fraction of sp³-hybridized carbons (Fsp3) is 0.200. The molecule has 1 unspecified atom stereocenters. The normalized spacial score (nSPS) is 12.4. The molecule has 0 aliphatic carbocycles. The van der Waals surface area contributed by atoms with Gasteiger partial charge in [-0.3, -0.25) is 0 Å². The van der Waals surface area contributed by atoms with Gasteiger partial charge in [-0.1, -0.05) is 30.3 Å². The number of halogens is 2. The SMILES string of the molecule is CNC(C)c1cccc(-c2cccc(F)c2F)c1. The zero-order valence-corrected chi connectivity index (χ0v) is 10.4. The van der Waals surface area contributed by atoms with Crippen molar-refractivity contribution in [3.8, 4) is 11.1 Å². The van der Waals surface area contributed by atoms with Crippen molar-refractivity contribution < 1.29 is 8.78 Å². The van der Waals surface area contributed by atoms with Crippen LogP contribution in [0.3, 0.4) is 0 Å². The Morgan fingerprint density at radius 1 is 1.06 bits per heavy atom. The molecule has 0 bridgehead atoms. The Kier molecular flexibility index (Phi) is 3.72. The number of nitrogens with one attached hydrogen (secondary N) is 1. The Morgan fingerprint density at radius 3 is 2.50 bits per heavy atom. The van der Waals surface area contributed by atoms with Crippen molar-refractivity contribution in [2.24, 2.45) is 0 Å². The van der Waals surface area contributed by atoms with Gasteiger partial charge >= 0.3 is 0 Å². The molecule has 94 valence electrons. The summed E-state index contributed by atoms with van der Waals surface area (Å²) in [4.78, 5) is 0. The minimum Gasteiger partial charge on any atom is -0.313 e. The summed E-state index contributed by atoms with van der Waals surface area (Å²) in [6, 6.07) is 11.9. The summed E-state index contributed by atoms with van der Waals surface area (Å²) >= 11 is 0. The van der Waals surface area contributed by atoms with Gasteiger partial charge in [-0.25, -0.2) is 8.78 Å². The second-order valence-electron chi connectivity index (χ2n) is 4.24. The van der Waals surface area contributed by atoms with Crippen LogP contribution in [0.4, 0.5) is 8.78 Å². The lowest BCUT2D eigenvalue weighted by atomic mass is 10.00. The molecule has 2 aromatic rings. The summed E-state index contributed by atoms with van der Waals surface area (Å²) in [6.45, 7) is 2.01. The highest BCUT2D eigenvalue weighted by Crippen LogP contribution is 2.26. The molecule has 0 fully saturated rings. The molecule has 0 heterocycles. The van der Waals surface area contributed by atoms with E-state index in [-0.39, 0.29) is 6.04 Å². The average Bonchev–Trinajstić information content (AvgIpc) is 2.41. The standard InChI is InChI=1S/C15H15F2N/c1-10(18-2)11-5-3-6-12(9-11)13-7-4-8-14(16)15(13)17/h3-10,18H,1-2H3. The maximum absolute atomic E-state index is 13.7. The van der Waals surface area contributed by atoms with E-state index in [1.54, 1.807) is 12.1 Å². The van der Waals surface area contributed by atoms with Gasteiger partial charge in [0.05, 0.1) is 0 Å². The van der Waals surface area contributed by atoms with Gasteiger partial charge in [-0.15, -0.1) is 0 Å². The second kappa shape index (κ2) is 5.27. The van der Waals surface area contributed by atoms with Crippen LogP contribution in [0.15, 0.2) is 42.5 Å². The van der Waals surface area contributed by atoms with Crippen molar-refractivity contribution in [3.63, 3.8) is 0 Å². The maximum atomic E-state index is 13.7. The van der Waals surface area contributed by atoms with Crippen LogP contribution < -0.4 is 5.32 Å². The topological polar surface area (TPSA) is 12.0 Å². The van der Waals surface area contributed by atoms with E-state index in [4.69, 9.17) is 0 Å². The molecule has 0 aliphatic rings. The lowest BCUT2D eigenvalue weighted by Gasteiger charge is -2.12. The van der Waals surface area contributed by atoms with Gasteiger partial charge in [0, 0.05) is 11.6 Å². The highest BCUT2D eigenvalue weighted by molar-refractivity contribution is 5.65. The van der Waals surface area contributed by atoms with Crippen LogP contribution in [-0.2, 0) is 0 Å². The van der Waals surface area contributed by atoms with Crippen LogP contribution in [-0.4, -0.2) is 7.05 Å². The van der Waals surface area contributed by atoms with Gasteiger partial charge in [-0.05, 0) is 37.2 Å². The van der Waals surface area contributed by atoms with E-state index in [1.807, 2.05) is 32.2 Å². The Bertz CT molecular complexity index is 552. The molecular weight excluding hydrogens is 232 g/mol. The molecule has 1 N–H and O–H groups in total. The first kappa shape index (κ1) is 12.7. The zero-order chi connectivity index (χ0) is 13.1. The quantitative estimate of drug-likeness (QED) is 0.867. The Labute approximate surface area is 105 Å². The third-order valence-electron chi connectivity index (χ3n) is 3.08. The largest absolute Gasteiger partial charge is 0.313 e. The minimum atomic E-state index is -0.820. The van der Waals surface area contributed by atoms with Crippen molar-refractivity contribution in [2.45, 2.75) is 13.0 Å². The van der Waals surface area contributed by atoms with Crippen molar-refractivity contribution in [1.29, 1.82) is 0 Å². The fourth-order valence-corrected chi connectivity index (χ4v) is 1.87. The Balaban J connectivity index is 2.48. The predicted octanol–water partition coefficient (Wildman–Crippen LogP) is 3.91. The van der Waals surface area contributed by atoms with Gasteiger partial charge in [-0.2, -0.15) is 0 Å². The van der Waals surface area contributed by atoms with Crippen LogP contribution >= 0.6 is 0 Å². The van der Waals surface area contributed by atoms with Crippen molar-refractivity contribution >= 4 is 0 Å². The van der Waals surface area contributed by atoms with Crippen LogP contribution in [0.25, 0.3) is 11.1 Å². The molecule has 0 aromatic heterocycles. The third kappa shape index (κ3) is 2.41. The van der Waals surface area contributed by atoms with E-state index in [9.17, 15) is 8.78 Å². The molecular formula is C15H15F2N. The summed E-state index contributed by atoms with van der Waals surface area (Å²) in [5.74, 6) is -1.62. The van der Waals surface area contributed by atoms with Gasteiger partial charge in [0.15, 0.2) is 11.6 Å². The molecule has 0 radical (unpaired) electrons. The molecule has 18 heavy (non-hydrogen) atoms. The van der Waals surface area contributed by atoms with Crippen molar-refractivity contribution in [3.05, 3.63) is 59.7 Å². The fourth-order valence-electron chi connectivity index (χ4n) is 1.87. The molecule has 2 aromatic carbocycles. The first-order chi connectivity index (χ1) is 8.63. The Morgan fingerprint density at radius 2 is 1.78 bits per heavy atom. The van der Waals surface area contributed by atoms with Crippen LogP contribution in [0.2, 0.25) is 0 Å². The number of hydrogen-bond acceptors (Lipinski definition) is 1. The molecule has 2 rings (SSSR count). The molecule has 0 spiro atoms. The van der Waals surface area contributed by atoms with Crippen LogP contribution in [0.1, 0.15) is 18.5 Å². The molecule has 1 atom stereocenters. The minimum absolute atomic E-state index is 0.168. The van der Waals surface area contributed by atoms with Crippen molar-refractivity contribution in [2.75, 3.05) is 7.05 Å². The van der Waals surface area contributed by atoms with Gasteiger partial charge in [0.25, 0.3) is 0 Å². The molecule has 0 aliphatic heterocycles. The maximum Gasteiger partial charge on any atom is 0.166 e. The summed E-state index contributed by atoms with van der Waals surface area (Å²) < 4.78 is 26.9. The lowest BCUT2D eigenvalue weighted by molar-refractivity contribution is 0.511. The summed E-state index contributed by atoms with van der Waals surface area (Å²) in [6.07, 6.45) is 0. The highest BCUT2D eigenvalue weighted by Gasteiger charge is 2.11.